The first-order chi connectivity index (χ1) is 14.3. The second-order valence-electron chi connectivity index (χ2n) is 7.66. The first-order valence-corrected chi connectivity index (χ1v) is 12.5. The van der Waals surface area contributed by atoms with Gasteiger partial charge in [0.2, 0.25) is 15.9 Å². The summed E-state index contributed by atoms with van der Waals surface area (Å²) in [7, 11) is -3.71. The number of primary sulfonamides is 1. The summed E-state index contributed by atoms with van der Waals surface area (Å²) in [5, 5.41) is 8.71. The number of nitrogens with two attached hydrogens (primary N) is 1. The van der Waals surface area contributed by atoms with Crippen LogP contribution in [0, 0.1) is 0 Å². The van der Waals surface area contributed by atoms with Gasteiger partial charge in [-0.05, 0) is 49.8 Å². The molecule has 1 aromatic carbocycles. The minimum Gasteiger partial charge on any atom is -0.356 e. The first kappa shape index (κ1) is 21.1. The van der Waals surface area contributed by atoms with Gasteiger partial charge in [-0.3, -0.25) is 14.2 Å². The Morgan fingerprint density at radius 1 is 1.23 bits per heavy atom. The quantitative estimate of drug-likeness (QED) is 0.639. The fourth-order valence-electron chi connectivity index (χ4n) is 3.94. The molecule has 1 aliphatic carbocycles. The number of aromatic nitrogens is 2. The molecule has 0 fully saturated rings. The van der Waals surface area contributed by atoms with E-state index in [0.717, 1.165) is 47.7 Å². The van der Waals surface area contributed by atoms with E-state index in [0.29, 0.717) is 18.7 Å². The van der Waals surface area contributed by atoms with Crippen LogP contribution >= 0.6 is 11.8 Å². The molecule has 1 amide bonds. The van der Waals surface area contributed by atoms with Crippen molar-refractivity contribution in [1.29, 1.82) is 0 Å². The summed E-state index contributed by atoms with van der Waals surface area (Å²) in [6.45, 7) is 0.428. The number of amides is 1. The predicted molar refractivity (Wildman–Crippen MR) is 114 cm³/mol. The lowest BCUT2D eigenvalue weighted by atomic mass is 9.97. The zero-order chi connectivity index (χ0) is 21.3. The van der Waals surface area contributed by atoms with E-state index in [1.807, 2.05) is 0 Å². The summed E-state index contributed by atoms with van der Waals surface area (Å²) >= 11 is 1.54. The van der Waals surface area contributed by atoms with Gasteiger partial charge in [-0.25, -0.2) is 18.5 Å². The van der Waals surface area contributed by atoms with Crippen molar-refractivity contribution < 1.29 is 13.2 Å². The van der Waals surface area contributed by atoms with Crippen LogP contribution in [0.2, 0.25) is 0 Å². The molecule has 0 spiro atoms. The molecule has 1 atom stereocenters. The molecular weight excluding hydrogens is 424 g/mol. The highest BCUT2D eigenvalue weighted by atomic mass is 32.2. The zero-order valence-electron chi connectivity index (χ0n) is 16.5. The standard InChI is InChI=1S/C20H24N4O4S2/c21-30(27,28)15-7-5-13(6-8-15)9-10-22-18(25)11-14-12-29-20-23-17-4-2-1-3-16(17)19(26)24(14)20/h5-8,14H,1-4,9-12H2,(H,22,25)(H2,21,27,28). The highest BCUT2D eigenvalue weighted by Gasteiger charge is 2.30. The zero-order valence-corrected chi connectivity index (χ0v) is 18.1. The molecule has 1 aliphatic heterocycles. The number of nitrogens with zero attached hydrogens (tertiary/aromatic N) is 2. The van der Waals surface area contributed by atoms with Gasteiger partial charge in [-0.1, -0.05) is 23.9 Å². The van der Waals surface area contributed by atoms with E-state index in [4.69, 9.17) is 5.14 Å². The molecule has 0 saturated carbocycles. The van der Waals surface area contributed by atoms with Gasteiger partial charge in [0.15, 0.2) is 5.16 Å². The van der Waals surface area contributed by atoms with Crippen molar-refractivity contribution in [1.82, 2.24) is 14.9 Å². The van der Waals surface area contributed by atoms with Gasteiger partial charge in [-0.2, -0.15) is 0 Å². The van der Waals surface area contributed by atoms with Gasteiger partial charge in [0.1, 0.15) is 0 Å². The van der Waals surface area contributed by atoms with Crippen LogP contribution in [0.3, 0.4) is 0 Å². The van der Waals surface area contributed by atoms with Gasteiger partial charge in [-0.15, -0.1) is 0 Å². The minimum atomic E-state index is -3.71. The molecule has 1 aromatic heterocycles. The van der Waals surface area contributed by atoms with Crippen molar-refractivity contribution in [3.05, 3.63) is 51.4 Å². The maximum Gasteiger partial charge on any atom is 0.257 e. The van der Waals surface area contributed by atoms with Crippen molar-refractivity contribution in [2.45, 2.75) is 54.6 Å². The van der Waals surface area contributed by atoms with Crippen molar-refractivity contribution in [2.75, 3.05) is 12.3 Å². The Morgan fingerprint density at radius 2 is 1.97 bits per heavy atom. The maximum absolute atomic E-state index is 12.9. The fraction of sp³-hybridized carbons (Fsp3) is 0.450. The first-order valence-electron chi connectivity index (χ1n) is 9.98. The monoisotopic (exact) mass is 448 g/mol. The molecule has 1 unspecified atom stereocenters. The molecule has 160 valence electrons. The van der Waals surface area contributed by atoms with E-state index in [2.05, 4.69) is 10.3 Å². The van der Waals surface area contributed by atoms with E-state index >= 15 is 0 Å². The number of sulfonamides is 1. The van der Waals surface area contributed by atoms with Gasteiger partial charge < -0.3 is 5.32 Å². The molecule has 2 aliphatic rings. The van der Waals surface area contributed by atoms with Crippen LogP contribution in [0.15, 0.2) is 39.1 Å². The van der Waals surface area contributed by atoms with Gasteiger partial charge in [0, 0.05) is 24.3 Å². The third-order valence-electron chi connectivity index (χ3n) is 5.53. The highest BCUT2D eigenvalue weighted by molar-refractivity contribution is 7.99. The topological polar surface area (TPSA) is 124 Å². The fourth-order valence-corrected chi connectivity index (χ4v) is 5.61. The highest BCUT2D eigenvalue weighted by Crippen LogP contribution is 2.33. The average Bonchev–Trinajstić information content (AvgIpc) is 3.10. The summed E-state index contributed by atoms with van der Waals surface area (Å²) < 4.78 is 24.3. The molecule has 0 radical (unpaired) electrons. The molecule has 2 heterocycles. The number of benzene rings is 1. The molecule has 2 aromatic rings. The Balaban J connectivity index is 1.34. The molecule has 0 bridgehead atoms. The van der Waals surface area contributed by atoms with E-state index in [-0.39, 0.29) is 28.8 Å². The number of carbonyl (C=O) groups excluding carboxylic acids is 1. The van der Waals surface area contributed by atoms with E-state index < -0.39 is 10.0 Å². The molecule has 3 N–H and O–H groups in total. The van der Waals surface area contributed by atoms with E-state index in [1.54, 1.807) is 28.5 Å². The largest absolute Gasteiger partial charge is 0.356 e. The number of hydrogen-bond acceptors (Lipinski definition) is 6. The van der Waals surface area contributed by atoms with Crippen molar-refractivity contribution in [2.24, 2.45) is 5.14 Å². The van der Waals surface area contributed by atoms with Crippen molar-refractivity contribution in [3.8, 4) is 0 Å². The summed E-state index contributed by atoms with van der Waals surface area (Å²) in [4.78, 5) is 30.1. The summed E-state index contributed by atoms with van der Waals surface area (Å²) in [5.74, 6) is 0.562. The number of rotatable bonds is 6. The Labute approximate surface area is 179 Å². The Morgan fingerprint density at radius 3 is 2.70 bits per heavy atom. The minimum absolute atomic E-state index is 0.0208. The van der Waals surface area contributed by atoms with Gasteiger partial charge in [0.25, 0.3) is 5.56 Å². The molecule has 4 rings (SSSR count). The number of carbonyl (C=O) groups is 1. The van der Waals surface area contributed by atoms with Crippen LogP contribution in [0.25, 0.3) is 0 Å². The van der Waals surface area contributed by atoms with Crippen molar-refractivity contribution in [3.63, 3.8) is 0 Å². The summed E-state index contributed by atoms with van der Waals surface area (Å²) in [5.41, 5.74) is 2.67. The predicted octanol–water partition coefficient (Wildman–Crippen LogP) is 1.17. The number of nitrogens with one attached hydrogen (secondary N) is 1. The SMILES string of the molecule is NS(=O)(=O)c1ccc(CCNC(=O)CC2CSc3nc4c(c(=O)n32)CCCC4)cc1. The lowest BCUT2D eigenvalue weighted by molar-refractivity contribution is -0.121. The van der Waals surface area contributed by atoms with Gasteiger partial charge >= 0.3 is 0 Å². The second kappa shape index (κ2) is 8.52. The average molecular weight is 449 g/mol. The van der Waals surface area contributed by atoms with Crippen LogP contribution in [-0.2, 0) is 34.1 Å². The van der Waals surface area contributed by atoms with Crippen LogP contribution in [0.1, 0.15) is 42.1 Å². The van der Waals surface area contributed by atoms with Crippen LogP contribution in [0.4, 0.5) is 0 Å². The smallest absolute Gasteiger partial charge is 0.257 e. The second-order valence-corrected chi connectivity index (χ2v) is 10.2. The van der Waals surface area contributed by atoms with Crippen molar-refractivity contribution >= 4 is 27.7 Å². The lowest BCUT2D eigenvalue weighted by Gasteiger charge is -2.18. The molecule has 10 heteroatoms. The number of hydrogen-bond donors (Lipinski definition) is 2. The number of fused-ring (bicyclic) bond motifs is 2. The lowest BCUT2D eigenvalue weighted by Crippen LogP contribution is -2.34. The molecule has 30 heavy (non-hydrogen) atoms. The Hall–Kier alpha value is -2.17. The van der Waals surface area contributed by atoms with Crippen LogP contribution in [-0.4, -0.2) is 36.2 Å². The van der Waals surface area contributed by atoms with Crippen LogP contribution < -0.4 is 16.0 Å². The van der Waals surface area contributed by atoms with Gasteiger partial charge in [0.05, 0.1) is 16.6 Å². The third-order valence-corrected chi connectivity index (χ3v) is 7.56. The van der Waals surface area contributed by atoms with E-state index in [9.17, 15) is 18.0 Å². The Bertz CT molecular complexity index is 1130. The van der Waals surface area contributed by atoms with E-state index in [1.165, 1.54) is 12.1 Å². The Kier molecular flexibility index (Phi) is 5.99. The normalized spacial score (nSPS) is 18.0. The third kappa shape index (κ3) is 4.45. The van der Waals surface area contributed by atoms with Crippen LogP contribution in [0.5, 0.6) is 0 Å². The summed E-state index contributed by atoms with van der Waals surface area (Å²) in [6, 6.07) is 6.11. The molecule has 8 nitrogen and oxygen atoms in total. The molecule has 0 saturated heterocycles. The number of aryl methyl sites for hydroxylation is 1. The number of thioether (sulfide) groups is 1. The summed E-state index contributed by atoms with van der Waals surface area (Å²) in [6.07, 6.45) is 4.54. The molecular formula is C20H24N4O4S2. The maximum atomic E-state index is 12.9.